The number of carbonyl (C=O) groups is 2. The molecule has 12 heteroatoms. The van der Waals surface area contributed by atoms with E-state index in [1.54, 1.807) is 11.0 Å². The molecule has 3 heterocycles. The average Bonchev–Trinajstić information content (AvgIpc) is 3.35. The monoisotopic (exact) mass is 576 g/mol. The highest BCUT2D eigenvalue weighted by Crippen LogP contribution is 2.49. The Kier molecular flexibility index (Phi) is 6.21. The van der Waals surface area contributed by atoms with Gasteiger partial charge in [0.1, 0.15) is 23.9 Å². The topological polar surface area (TPSA) is 83.6 Å². The number of carbonyl (C=O) groups excluding carboxylic acids is 2. The second-order valence-electron chi connectivity index (χ2n) is 7.62. The predicted molar refractivity (Wildman–Crippen MR) is 116 cm³/mol. The molecule has 7 nitrogen and oxygen atoms in total. The minimum Gasteiger partial charge on any atom is -0.355 e. The van der Waals surface area contributed by atoms with Crippen LogP contribution < -0.4 is 15.7 Å². The lowest BCUT2D eigenvalue weighted by Crippen LogP contribution is -2.45. The number of hydrogen-bond acceptors (Lipinski definition) is 5. The Hall–Kier alpha value is -2.18. The molecule has 2 aromatic rings. The first kappa shape index (κ1) is 23.0. The summed E-state index contributed by atoms with van der Waals surface area (Å²) in [6.45, 7) is -0.131. The summed E-state index contributed by atoms with van der Waals surface area (Å²) in [5.74, 6) is -0.647. The van der Waals surface area contributed by atoms with Gasteiger partial charge in [0.2, 0.25) is 0 Å². The number of nitrogens with zero attached hydrogens (tertiary/aromatic N) is 2. The number of aromatic nitrogens is 1. The zero-order valence-electron chi connectivity index (χ0n) is 16.4. The van der Waals surface area contributed by atoms with Gasteiger partial charge in [0.05, 0.1) is 5.56 Å². The number of anilines is 1. The van der Waals surface area contributed by atoms with Gasteiger partial charge in [-0.05, 0) is 42.3 Å². The smallest absolute Gasteiger partial charge is 0.355 e. The van der Waals surface area contributed by atoms with Crippen LogP contribution in [0, 0.1) is 0 Å². The molecule has 170 valence electrons. The first-order valence-electron chi connectivity index (χ1n) is 9.56. The van der Waals surface area contributed by atoms with E-state index in [-0.39, 0.29) is 37.2 Å². The molecule has 2 aliphatic rings. The summed E-state index contributed by atoms with van der Waals surface area (Å²) in [6, 6.07) is 6.83. The van der Waals surface area contributed by atoms with Gasteiger partial charge >= 0.3 is 6.18 Å². The molecule has 1 aromatic heterocycles. The fourth-order valence-electron chi connectivity index (χ4n) is 3.87. The molecule has 4 rings (SSSR count). The van der Waals surface area contributed by atoms with E-state index in [0.29, 0.717) is 14.8 Å². The molecule has 0 radical (unpaired) electrons. The Morgan fingerprint density at radius 2 is 1.97 bits per heavy atom. The molecule has 32 heavy (non-hydrogen) atoms. The minimum atomic E-state index is -4.47. The number of rotatable bonds is 4. The molecule has 0 aliphatic carbocycles. The van der Waals surface area contributed by atoms with Gasteiger partial charge in [0.25, 0.3) is 11.8 Å². The molecule has 2 amide bonds. The molecule has 2 N–H and O–H groups in total. The fourth-order valence-corrected chi connectivity index (χ4v) is 5.16. The van der Waals surface area contributed by atoms with Crippen molar-refractivity contribution in [3.8, 4) is 0 Å². The van der Waals surface area contributed by atoms with E-state index in [4.69, 9.17) is 4.84 Å². The number of hydrogen-bond donors (Lipinski definition) is 2. The third-order valence-electron chi connectivity index (χ3n) is 5.61. The number of alkyl halides is 3. The zero-order valence-corrected chi connectivity index (χ0v) is 19.6. The Morgan fingerprint density at radius 1 is 1.25 bits per heavy atom. The van der Waals surface area contributed by atoms with Gasteiger partial charge in [-0.1, -0.05) is 31.9 Å². The number of benzene rings is 1. The lowest BCUT2D eigenvalue weighted by Gasteiger charge is -2.33. The van der Waals surface area contributed by atoms with Crippen LogP contribution >= 0.6 is 31.9 Å². The number of pyridine rings is 1. The predicted octanol–water partition coefficient (Wildman–Crippen LogP) is 3.48. The van der Waals surface area contributed by atoms with Crippen molar-refractivity contribution in [3.05, 3.63) is 56.6 Å². The summed E-state index contributed by atoms with van der Waals surface area (Å²) < 4.78 is 43.9. The van der Waals surface area contributed by atoms with E-state index in [9.17, 15) is 22.8 Å². The van der Waals surface area contributed by atoms with E-state index in [1.807, 2.05) is 0 Å². The van der Waals surface area contributed by atoms with E-state index in [0.717, 1.165) is 0 Å². The highest BCUT2D eigenvalue weighted by molar-refractivity contribution is 9.11. The van der Waals surface area contributed by atoms with Crippen molar-refractivity contribution < 1.29 is 27.6 Å². The van der Waals surface area contributed by atoms with Crippen LogP contribution in [0.5, 0.6) is 0 Å². The van der Waals surface area contributed by atoms with Gasteiger partial charge < -0.3 is 10.2 Å². The van der Waals surface area contributed by atoms with Crippen LogP contribution in [0.25, 0.3) is 0 Å². The standard InChI is InChI=1S/C20H17Br2F3N4O3/c21-13-5-12(6-14(22)7-13)19(20(23,24)25)3-4-29(10-19)16-2-1-11(8-26-16)17(30)27-15-9-32-28-18(15)31/h1-2,5-8,15H,3-4,9-10H2,(H,27,30)(H,28,31). The van der Waals surface area contributed by atoms with Crippen LogP contribution in [0.3, 0.4) is 0 Å². The summed E-state index contributed by atoms with van der Waals surface area (Å²) in [7, 11) is 0. The maximum absolute atomic E-state index is 14.3. The van der Waals surface area contributed by atoms with Gasteiger partial charge in [-0.25, -0.2) is 10.5 Å². The van der Waals surface area contributed by atoms with Crippen LogP contribution in [0.1, 0.15) is 22.3 Å². The Balaban J connectivity index is 1.53. The molecule has 2 fully saturated rings. The van der Waals surface area contributed by atoms with Gasteiger partial charge in [0, 0.05) is 28.2 Å². The van der Waals surface area contributed by atoms with Crippen molar-refractivity contribution in [1.82, 2.24) is 15.8 Å². The molecule has 0 saturated carbocycles. The van der Waals surface area contributed by atoms with E-state index in [1.165, 1.54) is 30.5 Å². The molecule has 1 aromatic carbocycles. The molecular formula is C20H17Br2F3N4O3. The maximum atomic E-state index is 14.3. The Bertz CT molecular complexity index is 1030. The molecule has 2 unspecified atom stereocenters. The van der Waals surface area contributed by atoms with Crippen molar-refractivity contribution in [3.63, 3.8) is 0 Å². The van der Waals surface area contributed by atoms with Crippen molar-refractivity contribution in [2.75, 3.05) is 24.6 Å². The second kappa shape index (κ2) is 8.64. The van der Waals surface area contributed by atoms with Gasteiger partial charge in [0.15, 0.2) is 0 Å². The van der Waals surface area contributed by atoms with Gasteiger partial charge in [-0.15, -0.1) is 0 Å². The summed E-state index contributed by atoms with van der Waals surface area (Å²) >= 11 is 6.55. The maximum Gasteiger partial charge on any atom is 0.400 e. The first-order chi connectivity index (χ1) is 15.1. The van der Waals surface area contributed by atoms with Crippen molar-refractivity contribution in [1.29, 1.82) is 0 Å². The minimum absolute atomic E-state index is 0.00903. The average molecular weight is 578 g/mol. The van der Waals surface area contributed by atoms with E-state index in [2.05, 4.69) is 47.6 Å². The fraction of sp³-hybridized carbons (Fsp3) is 0.350. The second-order valence-corrected chi connectivity index (χ2v) is 9.45. The third-order valence-corrected chi connectivity index (χ3v) is 6.52. The summed E-state index contributed by atoms with van der Waals surface area (Å²) in [5.41, 5.74) is 0.444. The quantitative estimate of drug-likeness (QED) is 0.581. The van der Waals surface area contributed by atoms with Crippen molar-refractivity contribution >= 4 is 49.5 Å². The normalized spacial score (nSPS) is 23.3. The number of halogens is 5. The molecule has 0 spiro atoms. The van der Waals surface area contributed by atoms with Crippen LogP contribution in [0.4, 0.5) is 19.0 Å². The van der Waals surface area contributed by atoms with Gasteiger partial charge in [-0.2, -0.15) is 13.2 Å². The lowest BCUT2D eigenvalue weighted by atomic mass is 9.79. The van der Waals surface area contributed by atoms with E-state index >= 15 is 0 Å². The zero-order chi connectivity index (χ0) is 23.1. The Labute approximate surface area is 197 Å². The molecule has 2 saturated heterocycles. The first-order valence-corrected chi connectivity index (χ1v) is 11.1. The highest BCUT2D eigenvalue weighted by atomic mass is 79.9. The van der Waals surface area contributed by atoms with Crippen LogP contribution in [-0.2, 0) is 15.0 Å². The molecule has 2 atom stereocenters. The van der Waals surface area contributed by atoms with Crippen molar-refractivity contribution in [2.24, 2.45) is 0 Å². The number of hydroxylamine groups is 1. The summed E-state index contributed by atoms with van der Waals surface area (Å²) in [6.07, 6.45) is -3.31. The summed E-state index contributed by atoms with van der Waals surface area (Å²) in [4.78, 5) is 34.3. The van der Waals surface area contributed by atoms with Crippen molar-refractivity contribution in [2.45, 2.75) is 24.1 Å². The van der Waals surface area contributed by atoms with Crippen LogP contribution in [0.2, 0.25) is 0 Å². The molecule has 2 aliphatic heterocycles. The number of amides is 2. The molecular weight excluding hydrogens is 561 g/mol. The van der Waals surface area contributed by atoms with Crippen LogP contribution in [0.15, 0.2) is 45.5 Å². The largest absolute Gasteiger partial charge is 0.400 e. The lowest BCUT2D eigenvalue weighted by molar-refractivity contribution is -0.184. The summed E-state index contributed by atoms with van der Waals surface area (Å²) in [5, 5.41) is 2.51. The number of nitrogens with one attached hydrogen (secondary N) is 2. The third kappa shape index (κ3) is 4.35. The van der Waals surface area contributed by atoms with Crippen LogP contribution in [-0.4, -0.2) is 48.7 Å². The molecule has 0 bridgehead atoms. The highest BCUT2D eigenvalue weighted by Gasteiger charge is 2.59. The SMILES string of the molecule is O=C(NC1CONC1=O)c1ccc(N2CCC(c3cc(Br)cc(Br)c3)(C(F)(F)F)C2)nc1. The van der Waals surface area contributed by atoms with Gasteiger partial charge in [-0.3, -0.25) is 14.4 Å². The Morgan fingerprint density at radius 3 is 2.53 bits per heavy atom. The van der Waals surface area contributed by atoms with E-state index < -0.39 is 29.4 Å².